The lowest BCUT2D eigenvalue weighted by atomic mass is 9.99. The largest absolute Gasteiger partial charge is 0.497 e. The molecule has 4 heteroatoms. The third-order valence-corrected chi connectivity index (χ3v) is 3.49. The molecule has 1 atom stereocenters. The number of benzene rings is 1. The number of carbonyl (C=O) groups excluding carboxylic acids is 1. The van der Waals surface area contributed by atoms with E-state index in [9.17, 15) is 4.79 Å². The highest BCUT2D eigenvalue weighted by atomic mass is 16.5. The van der Waals surface area contributed by atoms with Crippen LogP contribution >= 0.6 is 0 Å². The average molecular weight is 262 g/mol. The third-order valence-electron chi connectivity index (χ3n) is 3.49. The second kappa shape index (κ2) is 7.14. The Labute approximate surface area is 114 Å². The lowest BCUT2D eigenvalue weighted by Gasteiger charge is -2.22. The summed E-state index contributed by atoms with van der Waals surface area (Å²) in [5, 5.41) is 6.37. The molecule has 1 saturated heterocycles. The van der Waals surface area contributed by atoms with Crippen LogP contribution < -0.4 is 15.4 Å². The number of nitrogens with one attached hydrogen (secondary N) is 2. The fraction of sp³-hybridized carbons (Fsp3) is 0.533. The van der Waals surface area contributed by atoms with E-state index >= 15 is 0 Å². The predicted octanol–water partition coefficient (Wildman–Crippen LogP) is 1.35. The average Bonchev–Trinajstić information content (AvgIpc) is 2.46. The van der Waals surface area contributed by atoms with Gasteiger partial charge in [-0.3, -0.25) is 4.79 Å². The molecule has 1 amide bonds. The van der Waals surface area contributed by atoms with E-state index in [-0.39, 0.29) is 5.91 Å². The predicted molar refractivity (Wildman–Crippen MR) is 75.3 cm³/mol. The number of rotatable bonds is 5. The topological polar surface area (TPSA) is 50.4 Å². The Hall–Kier alpha value is -1.55. The number of amides is 1. The molecule has 0 aliphatic carbocycles. The van der Waals surface area contributed by atoms with Crippen molar-refractivity contribution in [3.8, 4) is 5.75 Å². The van der Waals surface area contributed by atoms with Crippen LogP contribution in [0.15, 0.2) is 24.3 Å². The maximum atomic E-state index is 11.9. The smallest absolute Gasteiger partial charge is 0.224 e. The summed E-state index contributed by atoms with van der Waals surface area (Å²) in [5.41, 5.74) is 0.985. The zero-order valence-corrected chi connectivity index (χ0v) is 11.4. The van der Waals surface area contributed by atoms with Gasteiger partial charge in [0.2, 0.25) is 5.91 Å². The van der Waals surface area contributed by atoms with Crippen LogP contribution in [0.4, 0.5) is 0 Å². The van der Waals surface area contributed by atoms with Gasteiger partial charge in [0.15, 0.2) is 0 Å². The van der Waals surface area contributed by atoms with E-state index in [4.69, 9.17) is 4.74 Å². The second-order valence-electron chi connectivity index (χ2n) is 5.04. The molecule has 1 aromatic carbocycles. The maximum Gasteiger partial charge on any atom is 0.224 e. The fourth-order valence-electron chi connectivity index (χ4n) is 2.39. The monoisotopic (exact) mass is 262 g/mol. The van der Waals surface area contributed by atoms with E-state index in [0.717, 1.165) is 30.9 Å². The number of carbonyl (C=O) groups is 1. The van der Waals surface area contributed by atoms with Crippen molar-refractivity contribution in [1.82, 2.24) is 10.6 Å². The SMILES string of the molecule is COc1cccc(CC(=O)NCC2CCCNC2)c1. The molecule has 104 valence electrons. The molecule has 1 heterocycles. The molecule has 1 fully saturated rings. The summed E-state index contributed by atoms with van der Waals surface area (Å²) < 4.78 is 5.15. The van der Waals surface area contributed by atoms with Gasteiger partial charge in [0.25, 0.3) is 0 Å². The van der Waals surface area contributed by atoms with Gasteiger partial charge in [-0.2, -0.15) is 0 Å². The van der Waals surface area contributed by atoms with E-state index in [1.165, 1.54) is 12.8 Å². The Bertz CT molecular complexity index is 414. The summed E-state index contributed by atoms with van der Waals surface area (Å²) >= 11 is 0. The third kappa shape index (κ3) is 4.56. The van der Waals surface area contributed by atoms with Gasteiger partial charge < -0.3 is 15.4 Å². The first-order chi connectivity index (χ1) is 9.28. The maximum absolute atomic E-state index is 11.9. The van der Waals surface area contributed by atoms with Gasteiger partial charge in [-0.15, -0.1) is 0 Å². The van der Waals surface area contributed by atoms with Gasteiger partial charge >= 0.3 is 0 Å². The van der Waals surface area contributed by atoms with Crippen LogP contribution in [-0.4, -0.2) is 32.7 Å². The van der Waals surface area contributed by atoms with Crippen LogP contribution in [0.1, 0.15) is 18.4 Å². The molecule has 1 aliphatic rings. The van der Waals surface area contributed by atoms with E-state index < -0.39 is 0 Å². The van der Waals surface area contributed by atoms with Crippen molar-refractivity contribution in [2.45, 2.75) is 19.3 Å². The van der Waals surface area contributed by atoms with Gasteiger partial charge in [0, 0.05) is 6.54 Å². The Kier molecular flexibility index (Phi) is 5.21. The summed E-state index contributed by atoms with van der Waals surface area (Å²) in [5.74, 6) is 1.45. The standard InChI is InChI=1S/C15H22N2O2/c1-19-14-6-2-4-12(8-14)9-15(18)17-11-13-5-3-7-16-10-13/h2,4,6,8,13,16H,3,5,7,9-11H2,1H3,(H,17,18). The van der Waals surface area contributed by atoms with E-state index in [1.807, 2.05) is 24.3 Å². The van der Waals surface area contributed by atoms with Crippen LogP contribution in [-0.2, 0) is 11.2 Å². The first-order valence-corrected chi connectivity index (χ1v) is 6.88. The lowest BCUT2D eigenvalue weighted by Crippen LogP contribution is -2.38. The highest BCUT2D eigenvalue weighted by Gasteiger charge is 2.13. The zero-order valence-electron chi connectivity index (χ0n) is 11.4. The normalized spacial score (nSPS) is 18.9. The Morgan fingerprint density at radius 1 is 1.53 bits per heavy atom. The summed E-state index contributed by atoms with van der Waals surface area (Å²) in [6, 6.07) is 7.65. The van der Waals surface area contributed by atoms with E-state index in [1.54, 1.807) is 7.11 Å². The van der Waals surface area contributed by atoms with Gasteiger partial charge in [-0.25, -0.2) is 0 Å². The van der Waals surface area contributed by atoms with Crippen LogP contribution in [0.3, 0.4) is 0 Å². The van der Waals surface area contributed by atoms with Crippen LogP contribution in [0.2, 0.25) is 0 Å². The zero-order chi connectivity index (χ0) is 13.5. The molecule has 2 N–H and O–H groups in total. The number of hydrogen-bond donors (Lipinski definition) is 2. The van der Waals surface area contributed by atoms with Crippen molar-refractivity contribution in [2.75, 3.05) is 26.7 Å². The molecule has 0 radical (unpaired) electrons. The van der Waals surface area contributed by atoms with Gasteiger partial charge in [-0.1, -0.05) is 12.1 Å². The van der Waals surface area contributed by atoms with Gasteiger partial charge in [0.05, 0.1) is 13.5 Å². The molecule has 0 bridgehead atoms. The fourth-order valence-corrected chi connectivity index (χ4v) is 2.39. The summed E-state index contributed by atoms with van der Waals surface area (Å²) in [7, 11) is 1.63. The molecular formula is C15H22N2O2. The quantitative estimate of drug-likeness (QED) is 0.842. The van der Waals surface area contributed by atoms with E-state index in [0.29, 0.717) is 12.3 Å². The molecule has 19 heavy (non-hydrogen) atoms. The second-order valence-corrected chi connectivity index (χ2v) is 5.04. The molecule has 0 spiro atoms. The van der Waals surface area contributed by atoms with Crippen LogP contribution in [0.25, 0.3) is 0 Å². The molecule has 4 nitrogen and oxygen atoms in total. The molecule has 1 aliphatic heterocycles. The molecule has 0 aromatic heterocycles. The van der Waals surface area contributed by atoms with Gasteiger partial charge in [0.1, 0.15) is 5.75 Å². The van der Waals surface area contributed by atoms with Crippen molar-refractivity contribution in [3.05, 3.63) is 29.8 Å². The molecule has 2 rings (SSSR count). The van der Waals surface area contributed by atoms with Crippen molar-refractivity contribution < 1.29 is 9.53 Å². The summed E-state index contributed by atoms with van der Waals surface area (Å²) in [6.07, 6.45) is 2.82. The van der Waals surface area contributed by atoms with Crippen LogP contribution in [0.5, 0.6) is 5.75 Å². The molecule has 1 aromatic rings. The number of ether oxygens (including phenoxy) is 1. The Morgan fingerprint density at radius 3 is 3.16 bits per heavy atom. The van der Waals surface area contributed by atoms with Crippen molar-refractivity contribution in [3.63, 3.8) is 0 Å². The van der Waals surface area contributed by atoms with E-state index in [2.05, 4.69) is 10.6 Å². The molecule has 0 saturated carbocycles. The Morgan fingerprint density at radius 2 is 2.42 bits per heavy atom. The van der Waals surface area contributed by atoms with Crippen molar-refractivity contribution in [1.29, 1.82) is 0 Å². The number of piperidine rings is 1. The number of hydrogen-bond acceptors (Lipinski definition) is 3. The Balaban J connectivity index is 1.76. The first kappa shape index (κ1) is 13.9. The van der Waals surface area contributed by atoms with Crippen molar-refractivity contribution >= 4 is 5.91 Å². The van der Waals surface area contributed by atoms with Gasteiger partial charge in [-0.05, 0) is 49.5 Å². The highest BCUT2D eigenvalue weighted by molar-refractivity contribution is 5.78. The minimum absolute atomic E-state index is 0.0822. The molecular weight excluding hydrogens is 240 g/mol. The minimum atomic E-state index is 0.0822. The highest BCUT2D eigenvalue weighted by Crippen LogP contribution is 2.13. The van der Waals surface area contributed by atoms with Crippen LogP contribution in [0, 0.1) is 5.92 Å². The summed E-state index contributed by atoms with van der Waals surface area (Å²) in [4.78, 5) is 11.9. The lowest BCUT2D eigenvalue weighted by molar-refractivity contribution is -0.120. The first-order valence-electron chi connectivity index (χ1n) is 6.88. The molecule has 1 unspecified atom stereocenters. The minimum Gasteiger partial charge on any atom is -0.497 e. The summed E-state index contributed by atoms with van der Waals surface area (Å²) in [6.45, 7) is 2.89. The van der Waals surface area contributed by atoms with Crippen molar-refractivity contribution in [2.24, 2.45) is 5.92 Å². The number of methoxy groups -OCH3 is 1.